The van der Waals surface area contributed by atoms with Crippen LogP contribution in [0.4, 0.5) is 0 Å². The molecule has 1 aliphatic rings. The lowest BCUT2D eigenvalue weighted by atomic mass is 9.70. The van der Waals surface area contributed by atoms with E-state index in [2.05, 4.69) is 0 Å². The average molecular weight is 290 g/mol. The third-order valence-electron chi connectivity index (χ3n) is 3.26. The lowest BCUT2D eigenvalue weighted by Crippen LogP contribution is -2.29. The monoisotopic (exact) mass is 288 g/mol. The van der Waals surface area contributed by atoms with Gasteiger partial charge in [-0.3, -0.25) is 0 Å². The SMILES string of the molecule is ClC(Cl)Cl.NCCC1(CCN)CCCCC1. The van der Waals surface area contributed by atoms with Crippen molar-refractivity contribution in [1.29, 1.82) is 0 Å². The van der Waals surface area contributed by atoms with Gasteiger partial charge in [-0.1, -0.05) is 54.1 Å². The van der Waals surface area contributed by atoms with Crippen molar-refractivity contribution in [3.05, 3.63) is 0 Å². The van der Waals surface area contributed by atoms with E-state index in [9.17, 15) is 0 Å². The molecule has 0 atom stereocenters. The van der Waals surface area contributed by atoms with Crippen LogP contribution in [0, 0.1) is 5.41 Å². The fourth-order valence-electron chi connectivity index (χ4n) is 2.54. The van der Waals surface area contributed by atoms with E-state index in [0.29, 0.717) is 5.41 Å². The third kappa shape index (κ3) is 7.97. The Hall–Kier alpha value is 0.790. The van der Waals surface area contributed by atoms with Crippen LogP contribution in [0.5, 0.6) is 0 Å². The zero-order valence-corrected chi connectivity index (χ0v) is 12.0. The Morgan fingerprint density at radius 2 is 1.25 bits per heavy atom. The van der Waals surface area contributed by atoms with Crippen molar-refractivity contribution < 1.29 is 0 Å². The Labute approximate surface area is 114 Å². The van der Waals surface area contributed by atoms with E-state index in [-0.39, 0.29) is 0 Å². The third-order valence-corrected chi connectivity index (χ3v) is 3.26. The molecule has 0 aliphatic heterocycles. The zero-order chi connectivity index (χ0) is 12.4. The maximum Gasteiger partial charge on any atom is 0.180 e. The number of halogens is 3. The Morgan fingerprint density at radius 3 is 1.56 bits per heavy atom. The summed E-state index contributed by atoms with van der Waals surface area (Å²) < 4.78 is -0.750. The van der Waals surface area contributed by atoms with Crippen LogP contribution in [0.25, 0.3) is 0 Å². The van der Waals surface area contributed by atoms with E-state index in [0.717, 1.165) is 13.1 Å². The summed E-state index contributed by atoms with van der Waals surface area (Å²) in [4.78, 5) is 0. The average Bonchev–Trinajstić information content (AvgIpc) is 2.19. The van der Waals surface area contributed by atoms with Gasteiger partial charge in [-0.2, -0.15) is 0 Å². The van der Waals surface area contributed by atoms with Crippen LogP contribution < -0.4 is 11.5 Å². The second kappa shape index (κ2) is 9.78. The molecule has 0 saturated heterocycles. The molecule has 1 fully saturated rings. The van der Waals surface area contributed by atoms with Crippen LogP contribution in [0.3, 0.4) is 0 Å². The van der Waals surface area contributed by atoms with Crippen molar-refractivity contribution in [3.63, 3.8) is 0 Å². The summed E-state index contributed by atoms with van der Waals surface area (Å²) in [6.45, 7) is 1.67. The van der Waals surface area contributed by atoms with Gasteiger partial charge in [-0.15, -0.1) is 0 Å². The molecule has 98 valence electrons. The first-order valence-corrected chi connectivity index (χ1v) is 7.19. The number of alkyl halides is 3. The summed E-state index contributed by atoms with van der Waals surface area (Å²) in [7, 11) is 0. The predicted octanol–water partition coefficient (Wildman–Crippen LogP) is 3.62. The van der Waals surface area contributed by atoms with Gasteiger partial charge in [0.05, 0.1) is 0 Å². The Bertz CT molecular complexity index is 141. The van der Waals surface area contributed by atoms with E-state index < -0.39 is 4.30 Å². The maximum absolute atomic E-state index is 5.63. The molecule has 16 heavy (non-hydrogen) atoms. The van der Waals surface area contributed by atoms with Crippen molar-refractivity contribution in [2.75, 3.05) is 13.1 Å². The minimum Gasteiger partial charge on any atom is -0.330 e. The zero-order valence-electron chi connectivity index (χ0n) is 9.73. The highest BCUT2D eigenvalue weighted by molar-refractivity contribution is 6.63. The van der Waals surface area contributed by atoms with Crippen LogP contribution >= 0.6 is 34.8 Å². The standard InChI is InChI=1S/C10H22N2.CHCl3/c11-8-6-10(7-9-12)4-2-1-3-5-10;2-1(3)4/h1-9,11-12H2;1H. The van der Waals surface area contributed by atoms with Crippen LogP contribution in [0.2, 0.25) is 0 Å². The second-order valence-electron chi connectivity index (χ2n) is 4.39. The smallest absolute Gasteiger partial charge is 0.180 e. The molecule has 1 aliphatic carbocycles. The molecule has 0 radical (unpaired) electrons. The summed E-state index contributed by atoms with van der Waals surface area (Å²) in [5.41, 5.74) is 11.8. The minimum absolute atomic E-state index is 0.530. The van der Waals surface area contributed by atoms with Gasteiger partial charge in [0.2, 0.25) is 0 Å². The van der Waals surface area contributed by atoms with Crippen LogP contribution in [0.1, 0.15) is 44.9 Å². The molecule has 1 saturated carbocycles. The topological polar surface area (TPSA) is 52.0 Å². The molecule has 0 heterocycles. The molecule has 0 aromatic rings. The number of hydrogen-bond acceptors (Lipinski definition) is 2. The van der Waals surface area contributed by atoms with E-state index in [4.69, 9.17) is 46.3 Å². The highest BCUT2D eigenvalue weighted by Gasteiger charge is 2.29. The Balaban J connectivity index is 0.000000487. The summed E-state index contributed by atoms with van der Waals surface area (Å²) in [5, 5.41) is 0. The van der Waals surface area contributed by atoms with Crippen molar-refractivity contribution in [2.45, 2.75) is 49.2 Å². The molecule has 1 rings (SSSR count). The van der Waals surface area contributed by atoms with Gasteiger partial charge in [-0.25, -0.2) is 0 Å². The number of hydrogen-bond donors (Lipinski definition) is 2. The Kier molecular flexibility index (Phi) is 10.3. The molecule has 0 bridgehead atoms. The largest absolute Gasteiger partial charge is 0.330 e. The highest BCUT2D eigenvalue weighted by Crippen LogP contribution is 2.41. The molecule has 0 amide bonds. The summed E-state index contributed by atoms with van der Waals surface area (Å²) in [6, 6.07) is 0. The summed E-state index contributed by atoms with van der Waals surface area (Å²) in [5.74, 6) is 0. The lowest BCUT2D eigenvalue weighted by Gasteiger charge is -2.37. The van der Waals surface area contributed by atoms with Crippen molar-refractivity contribution in [2.24, 2.45) is 16.9 Å². The van der Waals surface area contributed by atoms with E-state index >= 15 is 0 Å². The van der Waals surface area contributed by atoms with Crippen molar-refractivity contribution in [1.82, 2.24) is 0 Å². The van der Waals surface area contributed by atoms with Gasteiger partial charge in [0, 0.05) is 0 Å². The highest BCUT2D eigenvalue weighted by atomic mass is 35.6. The molecule has 0 spiro atoms. The summed E-state index contributed by atoms with van der Waals surface area (Å²) >= 11 is 14.4. The van der Waals surface area contributed by atoms with Gasteiger partial charge in [0.25, 0.3) is 0 Å². The van der Waals surface area contributed by atoms with Crippen LogP contribution in [-0.4, -0.2) is 17.4 Å². The molecular weight excluding hydrogens is 266 g/mol. The summed E-state index contributed by atoms with van der Waals surface area (Å²) in [6.07, 6.45) is 9.29. The normalized spacial score (nSPS) is 19.1. The van der Waals surface area contributed by atoms with Gasteiger partial charge in [0.15, 0.2) is 4.30 Å². The van der Waals surface area contributed by atoms with Crippen LogP contribution in [0.15, 0.2) is 0 Å². The molecule has 0 aromatic heterocycles. The van der Waals surface area contributed by atoms with Gasteiger partial charge < -0.3 is 11.5 Å². The maximum atomic E-state index is 5.63. The minimum atomic E-state index is -0.750. The van der Waals surface area contributed by atoms with Gasteiger partial charge >= 0.3 is 0 Å². The van der Waals surface area contributed by atoms with Crippen molar-refractivity contribution >= 4 is 34.8 Å². The van der Waals surface area contributed by atoms with E-state index in [1.54, 1.807) is 0 Å². The molecule has 0 unspecified atom stereocenters. The first kappa shape index (κ1) is 16.8. The molecule has 5 heteroatoms. The predicted molar refractivity (Wildman–Crippen MR) is 74.2 cm³/mol. The number of nitrogens with two attached hydrogens (primary N) is 2. The molecule has 2 nitrogen and oxygen atoms in total. The Morgan fingerprint density at radius 1 is 0.875 bits per heavy atom. The molecular formula is C11H23Cl3N2. The van der Waals surface area contributed by atoms with Crippen LogP contribution in [-0.2, 0) is 0 Å². The van der Waals surface area contributed by atoms with Crippen molar-refractivity contribution in [3.8, 4) is 0 Å². The van der Waals surface area contributed by atoms with Gasteiger partial charge in [0.1, 0.15) is 0 Å². The first-order valence-electron chi connectivity index (χ1n) is 5.89. The quantitative estimate of drug-likeness (QED) is 0.777. The fourth-order valence-corrected chi connectivity index (χ4v) is 2.54. The lowest BCUT2D eigenvalue weighted by molar-refractivity contribution is 0.164. The molecule has 0 aromatic carbocycles. The van der Waals surface area contributed by atoms with E-state index in [1.807, 2.05) is 0 Å². The van der Waals surface area contributed by atoms with Gasteiger partial charge in [-0.05, 0) is 44.2 Å². The molecule has 4 N–H and O–H groups in total. The number of rotatable bonds is 4. The first-order chi connectivity index (χ1) is 7.56. The fraction of sp³-hybridized carbons (Fsp3) is 1.00. The van der Waals surface area contributed by atoms with E-state index in [1.165, 1.54) is 44.9 Å². The second-order valence-corrected chi connectivity index (χ2v) is 6.36.